The maximum absolute atomic E-state index is 12.8. The van der Waals surface area contributed by atoms with Crippen LogP contribution in [-0.4, -0.2) is 32.5 Å². The number of esters is 1. The van der Waals surface area contributed by atoms with Gasteiger partial charge < -0.3 is 9.26 Å². The third-order valence-corrected chi connectivity index (χ3v) is 3.36. The van der Waals surface area contributed by atoms with E-state index in [0.29, 0.717) is 0 Å². The van der Waals surface area contributed by atoms with E-state index in [4.69, 9.17) is 9.26 Å². The van der Waals surface area contributed by atoms with Crippen LogP contribution in [0.25, 0.3) is 11.4 Å². The summed E-state index contributed by atoms with van der Waals surface area (Å²) in [6.45, 7) is 2.00. The van der Waals surface area contributed by atoms with Crippen LogP contribution in [0, 0.1) is 0 Å². The summed E-state index contributed by atoms with van der Waals surface area (Å²) in [6, 6.07) is 4.64. The highest BCUT2D eigenvalue weighted by molar-refractivity contribution is 5.88. The highest BCUT2D eigenvalue weighted by atomic mass is 19.4. The number of rotatable bonds is 5. The average molecular weight is 366 g/mol. The molecule has 26 heavy (non-hydrogen) atoms. The highest BCUT2D eigenvalue weighted by Gasteiger charge is 2.30. The van der Waals surface area contributed by atoms with Gasteiger partial charge in [-0.2, -0.15) is 23.3 Å². The molecule has 1 aromatic carbocycles. The Balaban J connectivity index is 1.76. The lowest BCUT2D eigenvalue weighted by Gasteiger charge is -2.06. The van der Waals surface area contributed by atoms with Crippen molar-refractivity contribution in [3.05, 3.63) is 53.7 Å². The van der Waals surface area contributed by atoms with Crippen LogP contribution in [0.1, 0.15) is 28.7 Å². The SMILES string of the molecule is CCOC(=O)c1cnn(Cc2nc(-c3cccc(C(F)(F)F)c3)no2)c1. The van der Waals surface area contributed by atoms with E-state index in [9.17, 15) is 18.0 Å². The van der Waals surface area contributed by atoms with Crippen molar-refractivity contribution in [1.82, 2.24) is 19.9 Å². The lowest BCUT2D eigenvalue weighted by atomic mass is 10.1. The van der Waals surface area contributed by atoms with Crippen molar-refractivity contribution in [2.45, 2.75) is 19.6 Å². The van der Waals surface area contributed by atoms with Crippen LogP contribution in [0.4, 0.5) is 13.2 Å². The summed E-state index contributed by atoms with van der Waals surface area (Å²) in [5.41, 5.74) is -0.348. The van der Waals surface area contributed by atoms with Gasteiger partial charge in [0, 0.05) is 11.8 Å². The minimum atomic E-state index is -4.46. The molecule has 0 spiro atoms. The fraction of sp³-hybridized carbons (Fsp3) is 0.250. The van der Waals surface area contributed by atoms with E-state index in [1.807, 2.05) is 0 Å². The van der Waals surface area contributed by atoms with Crippen molar-refractivity contribution in [1.29, 1.82) is 0 Å². The number of halogens is 3. The van der Waals surface area contributed by atoms with Crippen molar-refractivity contribution in [2.75, 3.05) is 6.61 Å². The van der Waals surface area contributed by atoms with Gasteiger partial charge in [-0.05, 0) is 19.1 Å². The first-order valence-corrected chi connectivity index (χ1v) is 7.56. The molecule has 0 aliphatic carbocycles. The molecular weight excluding hydrogens is 353 g/mol. The fourth-order valence-corrected chi connectivity index (χ4v) is 2.18. The van der Waals surface area contributed by atoms with E-state index in [-0.39, 0.29) is 36.0 Å². The van der Waals surface area contributed by atoms with E-state index in [2.05, 4.69) is 15.2 Å². The Morgan fingerprint density at radius 3 is 2.88 bits per heavy atom. The van der Waals surface area contributed by atoms with Gasteiger partial charge >= 0.3 is 12.1 Å². The highest BCUT2D eigenvalue weighted by Crippen LogP contribution is 2.31. The molecule has 0 fully saturated rings. The Kier molecular flexibility index (Phi) is 4.74. The summed E-state index contributed by atoms with van der Waals surface area (Å²) in [7, 11) is 0. The Morgan fingerprint density at radius 1 is 1.35 bits per heavy atom. The molecule has 0 saturated heterocycles. The first-order chi connectivity index (χ1) is 12.4. The van der Waals surface area contributed by atoms with Crippen LogP contribution in [0.3, 0.4) is 0 Å². The van der Waals surface area contributed by atoms with Gasteiger partial charge in [0.1, 0.15) is 6.54 Å². The molecular formula is C16H13F3N4O3. The standard InChI is InChI=1S/C16H13F3N4O3/c1-2-25-15(24)11-7-20-23(8-11)9-13-21-14(22-26-13)10-4-3-5-12(6-10)16(17,18)19/h3-8H,2,9H2,1H3. The van der Waals surface area contributed by atoms with Crippen molar-refractivity contribution in [3.63, 3.8) is 0 Å². The number of hydrogen-bond donors (Lipinski definition) is 0. The Labute approximate surface area is 145 Å². The number of benzene rings is 1. The molecule has 0 saturated carbocycles. The first kappa shape index (κ1) is 17.6. The number of carbonyl (C=O) groups is 1. The number of hydrogen-bond acceptors (Lipinski definition) is 6. The lowest BCUT2D eigenvalue weighted by molar-refractivity contribution is -0.137. The van der Waals surface area contributed by atoms with Gasteiger partial charge in [0.2, 0.25) is 11.7 Å². The average Bonchev–Trinajstić information content (AvgIpc) is 3.25. The van der Waals surface area contributed by atoms with Crippen LogP contribution in [-0.2, 0) is 17.5 Å². The van der Waals surface area contributed by atoms with E-state index in [1.54, 1.807) is 6.92 Å². The maximum atomic E-state index is 12.8. The Bertz CT molecular complexity index is 917. The zero-order chi connectivity index (χ0) is 18.7. The van der Waals surface area contributed by atoms with Gasteiger partial charge in [0.05, 0.1) is 23.9 Å². The minimum Gasteiger partial charge on any atom is -0.462 e. The largest absolute Gasteiger partial charge is 0.462 e. The zero-order valence-electron chi connectivity index (χ0n) is 13.5. The molecule has 3 aromatic rings. The summed E-state index contributed by atoms with van der Waals surface area (Å²) >= 11 is 0. The molecule has 2 heterocycles. The lowest BCUT2D eigenvalue weighted by Crippen LogP contribution is -2.04. The van der Waals surface area contributed by atoms with Crippen LogP contribution >= 0.6 is 0 Å². The normalized spacial score (nSPS) is 11.5. The molecule has 0 aliphatic rings. The summed E-state index contributed by atoms with van der Waals surface area (Å²) < 4.78 is 49.6. The van der Waals surface area contributed by atoms with Crippen LogP contribution in [0.2, 0.25) is 0 Å². The molecule has 0 unspecified atom stereocenters. The molecule has 3 rings (SSSR count). The van der Waals surface area contributed by atoms with Gasteiger partial charge in [-0.1, -0.05) is 17.3 Å². The Hall–Kier alpha value is -3.17. The van der Waals surface area contributed by atoms with Gasteiger partial charge in [-0.3, -0.25) is 4.68 Å². The third-order valence-electron chi connectivity index (χ3n) is 3.36. The Morgan fingerprint density at radius 2 is 2.15 bits per heavy atom. The third kappa shape index (κ3) is 3.90. The van der Waals surface area contributed by atoms with Crippen molar-refractivity contribution in [2.24, 2.45) is 0 Å². The zero-order valence-corrected chi connectivity index (χ0v) is 13.5. The second-order valence-electron chi connectivity index (χ2n) is 5.24. The van der Waals surface area contributed by atoms with Crippen LogP contribution < -0.4 is 0 Å². The molecule has 0 amide bonds. The van der Waals surface area contributed by atoms with Crippen molar-refractivity contribution in [3.8, 4) is 11.4 Å². The predicted molar refractivity (Wildman–Crippen MR) is 82.0 cm³/mol. The summed E-state index contributed by atoms with van der Waals surface area (Å²) in [5, 5.41) is 7.67. The van der Waals surface area contributed by atoms with E-state index < -0.39 is 17.7 Å². The topological polar surface area (TPSA) is 83.0 Å². The summed E-state index contributed by atoms with van der Waals surface area (Å²) in [5.74, 6) is -0.339. The van der Waals surface area contributed by atoms with Gasteiger partial charge in [0.25, 0.3) is 0 Å². The molecule has 0 N–H and O–H groups in total. The van der Waals surface area contributed by atoms with Crippen molar-refractivity contribution < 1.29 is 27.2 Å². The number of aromatic nitrogens is 4. The number of nitrogens with zero attached hydrogens (tertiary/aromatic N) is 4. The predicted octanol–water partition coefficient (Wildman–Crippen LogP) is 3.18. The van der Waals surface area contributed by atoms with E-state index in [1.165, 1.54) is 29.2 Å². The van der Waals surface area contributed by atoms with Gasteiger partial charge in [-0.25, -0.2) is 4.79 Å². The summed E-state index contributed by atoms with van der Waals surface area (Å²) in [6.07, 6.45) is -1.67. The second-order valence-corrected chi connectivity index (χ2v) is 5.24. The summed E-state index contributed by atoms with van der Waals surface area (Å²) in [4.78, 5) is 15.7. The van der Waals surface area contributed by atoms with Crippen molar-refractivity contribution >= 4 is 5.97 Å². The smallest absolute Gasteiger partial charge is 0.416 e. The van der Waals surface area contributed by atoms with Crippen LogP contribution in [0.15, 0.2) is 41.2 Å². The van der Waals surface area contributed by atoms with E-state index >= 15 is 0 Å². The number of ether oxygens (including phenoxy) is 1. The molecule has 7 nitrogen and oxygen atoms in total. The molecule has 0 atom stereocenters. The molecule has 136 valence electrons. The molecule has 0 radical (unpaired) electrons. The molecule has 10 heteroatoms. The second kappa shape index (κ2) is 6.98. The quantitative estimate of drug-likeness (QED) is 0.645. The van der Waals surface area contributed by atoms with E-state index in [0.717, 1.165) is 12.1 Å². The van der Waals surface area contributed by atoms with Crippen LogP contribution in [0.5, 0.6) is 0 Å². The maximum Gasteiger partial charge on any atom is 0.416 e. The number of carbonyl (C=O) groups excluding carboxylic acids is 1. The fourth-order valence-electron chi connectivity index (χ4n) is 2.18. The number of alkyl halides is 3. The first-order valence-electron chi connectivity index (χ1n) is 7.56. The molecule has 2 aromatic heterocycles. The van der Waals surface area contributed by atoms with Gasteiger partial charge in [0.15, 0.2) is 0 Å². The molecule has 0 aliphatic heterocycles. The minimum absolute atomic E-state index is 0.0314. The van der Waals surface area contributed by atoms with Gasteiger partial charge in [-0.15, -0.1) is 0 Å². The monoisotopic (exact) mass is 366 g/mol. The molecule has 0 bridgehead atoms.